The molecule has 0 bridgehead atoms. The summed E-state index contributed by atoms with van der Waals surface area (Å²) in [6, 6.07) is 7.70. The predicted molar refractivity (Wildman–Crippen MR) is 83.3 cm³/mol. The topological polar surface area (TPSA) is 71.3 Å². The minimum Gasteiger partial charge on any atom is -0.490 e. The Morgan fingerprint density at radius 1 is 1.59 bits per heavy atom. The molecule has 5 heteroatoms. The molecule has 1 unspecified atom stereocenters. The SMILES string of the molecule is COCCCNC(=O)C(C#N)=Cc1ccc2c(c1)OC(C)C2. The van der Waals surface area contributed by atoms with Gasteiger partial charge in [0.05, 0.1) is 0 Å². The maximum absolute atomic E-state index is 12.0. The molecule has 1 atom stereocenters. The van der Waals surface area contributed by atoms with E-state index in [0.717, 1.165) is 23.3 Å². The summed E-state index contributed by atoms with van der Waals surface area (Å²) in [5, 5.41) is 11.9. The third-order valence-electron chi connectivity index (χ3n) is 3.41. The number of nitriles is 1. The molecule has 2 rings (SSSR count). The van der Waals surface area contributed by atoms with Crippen molar-refractivity contribution in [3.8, 4) is 11.8 Å². The molecule has 1 heterocycles. The minimum atomic E-state index is -0.367. The molecule has 0 saturated heterocycles. The molecule has 0 spiro atoms. The van der Waals surface area contributed by atoms with Gasteiger partial charge in [0.1, 0.15) is 23.5 Å². The van der Waals surface area contributed by atoms with Crippen molar-refractivity contribution in [1.82, 2.24) is 5.32 Å². The van der Waals surface area contributed by atoms with Crippen LogP contribution in [0.25, 0.3) is 6.08 Å². The third kappa shape index (κ3) is 4.09. The first kappa shape index (κ1) is 16.1. The molecule has 0 aromatic heterocycles. The number of hydrogen-bond acceptors (Lipinski definition) is 4. The number of fused-ring (bicyclic) bond motifs is 1. The van der Waals surface area contributed by atoms with Crippen molar-refractivity contribution in [1.29, 1.82) is 5.26 Å². The number of benzene rings is 1. The van der Waals surface area contributed by atoms with Crippen molar-refractivity contribution in [3.63, 3.8) is 0 Å². The molecule has 0 saturated carbocycles. The molecule has 116 valence electrons. The Balaban J connectivity index is 2.04. The average Bonchev–Trinajstić information content (AvgIpc) is 2.88. The number of hydrogen-bond donors (Lipinski definition) is 1. The van der Waals surface area contributed by atoms with Crippen LogP contribution in [0.4, 0.5) is 0 Å². The summed E-state index contributed by atoms with van der Waals surface area (Å²) in [7, 11) is 1.61. The second-order valence-corrected chi connectivity index (χ2v) is 5.27. The number of methoxy groups -OCH3 is 1. The quantitative estimate of drug-likeness (QED) is 0.496. The van der Waals surface area contributed by atoms with E-state index in [9.17, 15) is 4.79 Å². The zero-order valence-electron chi connectivity index (χ0n) is 12.9. The van der Waals surface area contributed by atoms with E-state index in [1.807, 2.05) is 31.2 Å². The van der Waals surface area contributed by atoms with Gasteiger partial charge in [-0.05, 0) is 36.6 Å². The van der Waals surface area contributed by atoms with Crippen LogP contribution >= 0.6 is 0 Å². The number of nitrogens with zero attached hydrogens (tertiary/aromatic N) is 1. The average molecular weight is 300 g/mol. The van der Waals surface area contributed by atoms with Gasteiger partial charge < -0.3 is 14.8 Å². The van der Waals surface area contributed by atoms with E-state index in [2.05, 4.69) is 5.32 Å². The second-order valence-electron chi connectivity index (χ2n) is 5.27. The summed E-state index contributed by atoms with van der Waals surface area (Å²) < 4.78 is 10.6. The van der Waals surface area contributed by atoms with Crippen molar-refractivity contribution in [3.05, 3.63) is 34.9 Å². The van der Waals surface area contributed by atoms with E-state index in [1.165, 1.54) is 0 Å². The fraction of sp³-hybridized carbons (Fsp3) is 0.412. The second kappa shape index (κ2) is 7.62. The molecule has 1 amide bonds. The molecular weight excluding hydrogens is 280 g/mol. The lowest BCUT2D eigenvalue weighted by Gasteiger charge is -2.05. The number of ether oxygens (including phenoxy) is 2. The highest BCUT2D eigenvalue weighted by Crippen LogP contribution is 2.30. The van der Waals surface area contributed by atoms with Gasteiger partial charge in [0.15, 0.2) is 0 Å². The molecule has 5 nitrogen and oxygen atoms in total. The van der Waals surface area contributed by atoms with E-state index >= 15 is 0 Å². The third-order valence-corrected chi connectivity index (χ3v) is 3.41. The monoisotopic (exact) mass is 300 g/mol. The van der Waals surface area contributed by atoms with Gasteiger partial charge in [0.25, 0.3) is 5.91 Å². The Bertz CT molecular complexity index is 617. The fourth-order valence-electron chi connectivity index (χ4n) is 2.34. The van der Waals surface area contributed by atoms with Gasteiger partial charge in [-0.3, -0.25) is 4.79 Å². The number of nitrogens with one attached hydrogen (secondary N) is 1. The molecule has 1 aliphatic heterocycles. The summed E-state index contributed by atoms with van der Waals surface area (Å²) >= 11 is 0. The van der Waals surface area contributed by atoms with E-state index in [4.69, 9.17) is 14.7 Å². The minimum absolute atomic E-state index is 0.0865. The smallest absolute Gasteiger partial charge is 0.261 e. The molecule has 1 aliphatic rings. The first-order valence-electron chi connectivity index (χ1n) is 7.32. The highest BCUT2D eigenvalue weighted by molar-refractivity contribution is 6.01. The first-order valence-corrected chi connectivity index (χ1v) is 7.32. The Morgan fingerprint density at radius 2 is 2.41 bits per heavy atom. The Morgan fingerprint density at radius 3 is 3.14 bits per heavy atom. The van der Waals surface area contributed by atoms with Crippen LogP contribution < -0.4 is 10.1 Å². The lowest BCUT2D eigenvalue weighted by molar-refractivity contribution is -0.117. The van der Waals surface area contributed by atoms with E-state index < -0.39 is 0 Å². The van der Waals surface area contributed by atoms with Crippen molar-refractivity contribution in [2.45, 2.75) is 25.9 Å². The molecule has 22 heavy (non-hydrogen) atoms. The Hall–Kier alpha value is -2.32. The van der Waals surface area contributed by atoms with Crippen molar-refractivity contribution >= 4 is 12.0 Å². The molecule has 1 aromatic carbocycles. The van der Waals surface area contributed by atoms with Gasteiger partial charge in [0.2, 0.25) is 0 Å². The van der Waals surface area contributed by atoms with E-state index in [1.54, 1.807) is 13.2 Å². The summed E-state index contributed by atoms with van der Waals surface area (Å²) in [6.07, 6.45) is 3.36. The lowest BCUT2D eigenvalue weighted by atomic mass is 10.1. The van der Waals surface area contributed by atoms with Crippen LogP contribution in [-0.4, -0.2) is 32.3 Å². The predicted octanol–water partition coefficient (Wildman–Crippen LogP) is 2.07. The Kier molecular flexibility index (Phi) is 5.56. The van der Waals surface area contributed by atoms with Gasteiger partial charge in [-0.2, -0.15) is 5.26 Å². The van der Waals surface area contributed by atoms with Crippen LogP contribution in [0.15, 0.2) is 23.8 Å². The van der Waals surface area contributed by atoms with Crippen molar-refractivity contribution < 1.29 is 14.3 Å². The van der Waals surface area contributed by atoms with Gasteiger partial charge in [0, 0.05) is 26.7 Å². The molecule has 0 fully saturated rings. The van der Waals surface area contributed by atoms with Crippen LogP contribution in [0, 0.1) is 11.3 Å². The molecule has 0 radical (unpaired) electrons. The number of amides is 1. The standard InChI is InChI=1S/C17H20N2O3/c1-12-8-14-5-4-13(10-16(14)22-12)9-15(11-18)17(20)19-6-3-7-21-2/h4-5,9-10,12H,3,6-8H2,1-2H3,(H,19,20). The van der Waals surface area contributed by atoms with Gasteiger partial charge in [-0.1, -0.05) is 12.1 Å². The number of carbonyl (C=O) groups is 1. The van der Waals surface area contributed by atoms with Crippen LogP contribution in [0.5, 0.6) is 5.75 Å². The highest BCUT2D eigenvalue weighted by Gasteiger charge is 2.19. The van der Waals surface area contributed by atoms with Crippen LogP contribution in [0.2, 0.25) is 0 Å². The Labute approximate surface area is 130 Å². The van der Waals surface area contributed by atoms with Crippen molar-refractivity contribution in [2.24, 2.45) is 0 Å². The molecular formula is C17H20N2O3. The van der Waals surface area contributed by atoms with Crippen molar-refractivity contribution in [2.75, 3.05) is 20.3 Å². The summed E-state index contributed by atoms with van der Waals surface area (Å²) in [5.74, 6) is 0.465. The normalized spacial score (nSPS) is 16.6. The van der Waals surface area contributed by atoms with Gasteiger partial charge in [-0.25, -0.2) is 0 Å². The largest absolute Gasteiger partial charge is 0.490 e. The van der Waals surface area contributed by atoms with E-state index in [-0.39, 0.29) is 17.6 Å². The maximum atomic E-state index is 12.0. The maximum Gasteiger partial charge on any atom is 0.261 e. The first-order chi connectivity index (χ1) is 10.6. The highest BCUT2D eigenvalue weighted by atomic mass is 16.5. The number of rotatable bonds is 6. The van der Waals surface area contributed by atoms with Crippen LogP contribution in [-0.2, 0) is 16.0 Å². The van der Waals surface area contributed by atoms with Crippen LogP contribution in [0.3, 0.4) is 0 Å². The fourth-order valence-corrected chi connectivity index (χ4v) is 2.34. The van der Waals surface area contributed by atoms with Crippen LogP contribution in [0.1, 0.15) is 24.5 Å². The molecule has 0 aliphatic carbocycles. The zero-order chi connectivity index (χ0) is 15.9. The number of carbonyl (C=O) groups excluding carboxylic acids is 1. The zero-order valence-corrected chi connectivity index (χ0v) is 12.9. The molecule has 1 aromatic rings. The van der Waals surface area contributed by atoms with Gasteiger partial charge in [-0.15, -0.1) is 0 Å². The summed E-state index contributed by atoms with van der Waals surface area (Å²) in [6.45, 7) is 3.08. The van der Waals surface area contributed by atoms with E-state index in [0.29, 0.717) is 19.6 Å². The summed E-state index contributed by atoms with van der Waals surface area (Å²) in [4.78, 5) is 12.0. The lowest BCUT2D eigenvalue weighted by Crippen LogP contribution is -2.26. The van der Waals surface area contributed by atoms with Gasteiger partial charge >= 0.3 is 0 Å². The summed E-state index contributed by atoms with van der Waals surface area (Å²) in [5.41, 5.74) is 2.03. The molecule has 1 N–H and O–H groups in total.